The van der Waals surface area contributed by atoms with E-state index >= 15 is 0 Å². The number of halogens is 3. The first-order valence-electron chi connectivity index (χ1n) is 4.63. The highest BCUT2D eigenvalue weighted by Crippen LogP contribution is 2.23. The fraction of sp³-hybridized carbons (Fsp3) is 0.0909. The van der Waals surface area contributed by atoms with Gasteiger partial charge in [0.05, 0.1) is 14.9 Å². The van der Waals surface area contributed by atoms with Gasteiger partial charge in [-0.05, 0) is 28.1 Å². The van der Waals surface area contributed by atoms with Gasteiger partial charge >= 0.3 is 0 Å². The molecule has 0 saturated carbocycles. The predicted octanol–water partition coefficient (Wildman–Crippen LogP) is 3.61. The Morgan fingerprint density at radius 1 is 1.41 bits per heavy atom. The van der Waals surface area contributed by atoms with E-state index in [-0.39, 0.29) is 22.2 Å². The molecule has 0 saturated heterocycles. The summed E-state index contributed by atoms with van der Waals surface area (Å²) in [5, 5.41) is 0. The van der Waals surface area contributed by atoms with E-state index in [1.54, 1.807) is 0 Å². The summed E-state index contributed by atoms with van der Waals surface area (Å²) in [5.74, 6) is -1.80. The smallest absolute Gasteiger partial charge is 0.178 e. The number of carbonyl (C=O) groups is 1. The number of hydrogen-bond donors (Lipinski definition) is 0. The van der Waals surface area contributed by atoms with Crippen LogP contribution in [0.4, 0.5) is 8.78 Å². The molecule has 0 aliphatic rings. The summed E-state index contributed by atoms with van der Waals surface area (Å²) in [6.45, 7) is 0. The lowest BCUT2D eigenvalue weighted by Gasteiger charge is -2.04. The first-order valence-corrected chi connectivity index (χ1v) is 6.31. The van der Waals surface area contributed by atoms with Crippen molar-refractivity contribution in [3.63, 3.8) is 0 Å². The maximum atomic E-state index is 13.6. The van der Waals surface area contributed by atoms with Crippen molar-refractivity contribution in [3.05, 3.63) is 50.4 Å². The largest absolute Gasteiger partial charge is 0.293 e. The van der Waals surface area contributed by atoms with Gasteiger partial charge in [-0.25, -0.2) is 8.78 Å². The van der Waals surface area contributed by atoms with Crippen molar-refractivity contribution >= 4 is 33.0 Å². The normalized spacial score (nSPS) is 10.5. The maximum Gasteiger partial charge on any atom is 0.178 e. The monoisotopic (exact) mass is 317 g/mol. The SMILES string of the molecule is O=C(Cc1c(F)ccc(Br)c1F)c1cncs1. The van der Waals surface area contributed by atoms with Crippen LogP contribution in [0.1, 0.15) is 15.2 Å². The number of aromatic nitrogens is 1. The molecule has 0 aliphatic heterocycles. The summed E-state index contributed by atoms with van der Waals surface area (Å²) < 4.78 is 27.2. The van der Waals surface area contributed by atoms with E-state index in [1.807, 2.05) is 0 Å². The Hall–Kier alpha value is -1.14. The molecule has 0 fully saturated rings. The van der Waals surface area contributed by atoms with Gasteiger partial charge in [-0.2, -0.15) is 0 Å². The van der Waals surface area contributed by atoms with E-state index in [4.69, 9.17) is 0 Å². The van der Waals surface area contributed by atoms with Gasteiger partial charge in [0.1, 0.15) is 11.6 Å². The number of carbonyl (C=O) groups excluding carboxylic acids is 1. The van der Waals surface area contributed by atoms with E-state index in [0.29, 0.717) is 4.88 Å². The highest BCUT2D eigenvalue weighted by molar-refractivity contribution is 9.10. The molecule has 0 amide bonds. The van der Waals surface area contributed by atoms with Crippen molar-refractivity contribution in [1.29, 1.82) is 0 Å². The fourth-order valence-electron chi connectivity index (χ4n) is 1.33. The van der Waals surface area contributed by atoms with Crippen LogP contribution in [0.25, 0.3) is 0 Å². The zero-order valence-corrected chi connectivity index (χ0v) is 10.8. The maximum absolute atomic E-state index is 13.6. The Morgan fingerprint density at radius 3 is 2.82 bits per heavy atom. The van der Waals surface area contributed by atoms with E-state index in [1.165, 1.54) is 17.8 Å². The van der Waals surface area contributed by atoms with E-state index < -0.39 is 11.6 Å². The molecule has 1 aromatic carbocycles. The van der Waals surface area contributed by atoms with Crippen LogP contribution < -0.4 is 0 Å². The molecule has 1 heterocycles. The van der Waals surface area contributed by atoms with Gasteiger partial charge in [0.15, 0.2) is 5.78 Å². The number of benzene rings is 1. The van der Waals surface area contributed by atoms with Gasteiger partial charge in [0.25, 0.3) is 0 Å². The Kier molecular flexibility index (Phi) is 3.63. The van der Waals surface area contributed by atoms with E-state index in [0.717, 1.165) is 17.4 Å². The van der Waals surface area contributed by atoms with Crippen molar-refractivity contribution in [3.8, 4) is 0 Å². The third kappa shape index (κ3) is 2.58. The van der Waals surface area contributed by atoms with Crippen LogP contribution in [0.3, 0.4) is 0 Å². The Morgan fingerprint density at radius 2 is 2.18 bits per heavy atom. The third-order valence-electron chi connectivity index (χ3n) is 2.18. The lowest BCUT2D eigenvalue weighted by molar-refractivity contribution is 0.0994. The third-order valence-corrected chi connectivity index (χ3v) is 3.61. The first-order chi connectivity index (χ1) is 8.09. The Labute approximate surface area is 108 Å². The molecule has 1 aromatic heterocycles. The molecular formula is C11H6BrF2NOS. The van der Waals surface area contributed by atoms with Crippen molar-refractivity contribution in [2.24, 2.45) is 0 Å². The number of thiazole rings is 1. The molecular weight excluding hydrogens is 312 g/mol. The number of ketones is 1. The fourth-order valence-corrected chi connectivity index (χ4v) is 2.26. The van der Waals surface area contributed by atoms with E-state index in [9.17, 15) is 13.6 Å². The highest BCUT2D eigenvalue weighted by atomic mass is 79.9. The minimum absolute atomic E-state index is 0.144. The summed E-state index contributed by atoms with van der Waals surface area (Å²) in [6.07, 6.45) is 1.08. The molecule has 0 aliphatic carbocycles. The quantitative estimate of drug-likeness (QED) is 0.639. The average Bonchev–Trinajstić information content (AvgIpc) is 2.83. The summed E-state index contributed by atoms with van der Waals surface area (Å²) >= 11 is 4.11. The van der Waals surface area contributed by atoms with Crippen molar-refractivity contribution in [1.82, 2.24) is 4.98 Å². The van der Waals surface area contributed by atoms with E-state index in [2.05, 4.69) is 20.9 Å². The molecule has 88 valence electrons. The molecule has 17 heavy (non-hydrogen) atoms. The molecule has 0 N–H and O–H groups in total. The lowest BCUT2D eigenvalue weighted by Crippen LogP contribution is -2.06. The molecule has 0 atom stereocenters. The topological polar surface area (TPSA) is 30.0 Å². The van der Waals surface area contributed by atoms with Gasteiger partial charge in [0.2, 0.25) is 0 Å². The first kappa shape index (κ1) is 12.3. The summed E-state index contributed by atoms with van der Waals surface area (Å²) in [4.78, 5) is 15.9. The van der Waals surface area contributed by atoms with Crippen LogP contribution in [0.2, 0.25) is 0 Å². The zero-order chi connectivity index (χ0) is 12.4. The molecule has 2 nitrogen and oxygen atoms in total. The summed E-state index contributed by atoms with van der Waals surface area (Å²) in [5.41, 5.74) is 1.28. The number of rotatable bonds is 3. The molecule has 0 radical (unpaired) electrons. The van der Waals surface area contributed by atoms with Crippen molar-refractivity contribution in [2.75, 3.05) is 0 Å². The second-order valence-corrected chi connectivity index (χ2v) is 5.03. The van der Waals surface area contributed by atoms with Crippen LogP contribution in [-0.4, -0.2) is 10.8 Å². The second kappa shape index (κ2) is 5.01. The standard InChI is InChI=1S/C11H6BrF2NOS/c12-7-1-2-8(13)6(11(7)14)3-9(16)10-4-15-5-17-10/h1-2,4-5H,3H2. The van der Waals surface area contributed by atoms with Crippen LogP contribution in [0, 0.1) is 11.6 Å². The zero-order valence-electron chi connectivity index (χ0n) is 8.41. The van der Waals surface area contributed by atoms with Gasteiger partial charge in [0, 0.05) is 18.2 Å². The molecule has 0 unspecified atom stereocenters. The predicted molar refractivity (Wildman–Crippen MR) is 64.2 cm³/mol. The summed E-state index contributed by atoms with van der Waals surface area (Å²) in [7, 11) is 0. The van der Waals surface area contributed by atoms with Crippen LogP contribution >= 0.6 is 27.3 Å². The van der Waals surface area contributed by atoms with Gasteiger partial charge in [-0.15, -0.1) is 11.3 Å². The highest BCUT2D eigenvalue weighted by Gasteiger charge is 2.17. The molecule has 0 spiro atoms. The van der Waals surface area contributed by atoms with Gasteiger partial charge in [-0.1, -0.05) is 0 Å². The van der Waals surface area contributed by atoms with Crippen molar-refractivity contribution < 1.29 is 13.6 Å². The van der Waals surface area contributed by atoms with Crippen LogP contribution in [-0.2, 0) is 6.42 Å². The van der Waals surface area contributed by atoms with Gasteiger partial charge in [-0.3, -0.25) is 9.78 Å². The average molecular weight is 318 g/mol. The molecule has 2 aromatic rings. The summed E-state index contributed by atoms with van der Waals surface area (Å²) in [6, 6.07) is 2.40. The number of Topliss-reactive ketones (excluding diaryl/α,β-unsaturated/α-hetero) is 1. The number of hydrogen-bond acceptors (Lipinski definition) is 3. The van der Waals surface area contributed by atoms with Crippen molar-refractivity contribution in [2.45, 2.75) is 6.42 Å². The number of nitrogens with zero attached hydrogens (tertiary/aromatic N) is 1. The minimum atomic E-state index is -0.733. The molecule has 2 rings (SSSR count). The molecule has 6 heteroatoms. The second-order valence-electron chi connectivity index (χ2n) is 3.29. The van der Waals surface area contributed by atoms with Crippen LogP contribution in [0.5, 0.6) is 0 Å². The molecule has 0 bridgehead atoms. The Balaban J connectivity index is 2.31. The lowest BCUT2D eigenvalue weighted by atomic mass is 10.1. The van der Waals surface area contributed by atoms with Gasteiger partial charge < -0.3 is 0 Å². The Bertz CT molecular complexity index is 557. The minimum Gasteiger partial charge on any atom is -0.293 e. The van der Waals surface area contributed by atoms with Crippen LogP contribution in [0.15, 0.2) is 28.3 Å².